The van der Waals surface area contributed by atoms with E-state index in [-0.39, 0.29) is 0 Å². The number of hydrogen-bond acceptors (Lipinski definition) is 7. The van der Waals surface area contributed by atoms with E-state index in [0.717, 1.165) is 62.3 Å². The van der Waals surface area contributed by atoms with Crippen LogP contribution in [0.3, 0.4) is 0 Å². The summed E-state index contributed by atoms with van der Waals surface area (Å²) in [5, 5.41) is 14.1. The number of aromatic nitrogens is 6. The van der Waals surface area contributed by atoms with Crippen molar-refractivity contribution in [3.8, 4) is 0 Å². The standard InChI is InChI=1S/C17H19ClN8/c18-13-10-19-17(20-11-13)25-8-4-12(5-9-25)16-22-21-14-2-3-15(23-26(14)16)24-6-1-7-24/h2-3,10-12H,1,4-9H2. The summed E-state index contributed by atoms with van der Waals surface area (Å²) < 4.78 is 1.92. The molecule has 8 nitrogen and oxygen atoms in total. The molecule has 0 radical (unpaired) electrons. The maximum Gasteiger partial charge on any atom is 0.225 e. The Morgan fingerprint density at radius 2 is 1.69 bits per heavy atom. The fraction of sp³-hybridized carbons (Fsp3) is 0.471. The van der Waals surface area contributed by atoms with Gasteiger partial charge in [0.2, 0.25) is 5.95 Å². The maximum atomic E-state index is 5.87. The van der Waals surface area contributed by atoms with Gasteiger partial charge in [0.25, 0.3) is 0 Å². The van der Waals surface area contributed by atoms with Crippen molar-refractivity contribution in [2.75, 3.05) is 36.0 Å². The van der Waals surface area contributed by atoms with Gasteiger partial charge < -0.3 is 9.80 Å². The van der Waals surface area contributed by atoms with Crippen LogP contribution in [0.5, 0.6) is 0 Å². The summed E-state index contributed by atoms with van der Waals surface area (Å²) in [6.45, 7) is 3.92. The fourth-order valence-corrected chi connectivity index (χ4v) is 3.67. The van der Waals surface area contributed by atoms with Gasteiger partial charge in [-0.2, -0.15) is 4.52 Å². The van der Waals surface area contributed by atoms with E-state index >= 15 is 0 Å². The van der Waals surface area contributed by atoms with Gasteiger partial charge in [-0.05, 0) is 31.4 Å². The third-order valence-corrected chi connectivity index (χ3v) is 5.40. The maximum absolute atomic E-state index is 5.87. The predicted octanol–water partition coefficient (Wildman–Crippen LogP) is 2.16. The molecule has 5 rings (SSSR count). The van der Waals surface area contributed by atoms with Gasteiger partial charge in [-0.25, -0.2) is 9.97 Å². The lowest BCUT2D eigenvalue weighted by Crippen LogP contribution is -2.38. The van der Waals surface area contributed by atoms with Gasteiger partial charge in [-0.15, -0.1) is 15.3 Å². The number of hydrogen-bond donors (Lipinski definition) is 0. The Balaban J connectivity index is 1.35. The van der Waals surface area contributed by atoms with Gasteiger partial charge in [0.1, 0.15) is 5.82 Å². The highest BCUT2D eigenvalue weighted by atomic mass is 35.5. The zero-order chi connectivity index (χ0) is 17.5. The molecule has 0 saturated carbocycles. The first kappa shape index (κ1) is 15.7. The summed E-state index contributed by atoms with van der Waals surface area (Å²) in [6, 6.07) is 4.04. The van der Waals surface area contributed by atoms with Crippen LogP contribution >= 0.6 is 11.6 Å². The van der Waals surface area contributed by atoms with E-state index < -0.39 is 0 Å². The summed E-state index contributed by atoms with van der Waals surface area (Å²) in [4.78, 5) is 13.1. The van der Waals surface area contributed by atoms with Crippen molar-refractivity contribution in [3.05, 3.63) is 35.4 Å². The smallest absolute Gasteiger partial charge is 0.225 e. The average Bonchev–Trinajstić information content (AvgIpc) is 3.04. The van der Waals surface area contributed by atoms with Gasteiger partial charge in [0, 0.05) is 32.1 Å². The third kappa shape index (κ3) is 2.74. The Labute approximate surface area is 155 Å². The molecule has 2 aliphatic rings. The molecule has 0 atom stereocenters. The summed E-state index contributed by atoms with van der Waals surface area (Å²) in [6.07, 6.45) is 6.47. The molecular weight excluding hydrogens is 352 g/mol. The molecule has 3 aromatic heterocycles. The molecule has 2 aliphatic heterocycles. The summed E-state index contributed by atoms with van der Waals surface area (Å²) in [7, 11) is 0. The SMILES string of the molecule is Clc1cnc(N2CCC(c3nnc4ccc(N5CCC5)nn34)CC2)nc1. The van der Waals surface area contributed by atoms with E-state index in [1.54, 1.807) is 12.4 Å². The Bertz CT molecular complexity index is 912. The first-order valence-corrected chi connectivity index (χ1v) is 9.35. The van der Waals surface area contributed by atoms with Crippen LogP contribution in [-0.4, -0.2) is 56.0 Å². The van der Waals surface area contributed by atoms with Gasteiger partial charge >= 0.3 is 0 Å². The minimum Gasteiger partial charge on any atom is -0.355 e. The third-order valence-electron chi connectivity index (χ3n) is 5.20. The van der Waals surface area contributed by atoms with Crippen LogP contribution in [0, 0.1) is 0 Å². The topological polar surface area (TPSA) is 75.3 Å². The summed E-state index contributed by atoms with van der Waals surface area (Å²) >= 11 is 5.87. The largest absolute Gasteiger partial charge is 0.355 e. The Kier molecular flexibility index (Phi) is 3.85. The first-order valence-electron chi connectivity index (χ1n) is 8.98. The molecule has 134 valence electrons. The monoisotopic (exact) mass is 370 g/mol. The molecule has 0 aliphatic carbocycles. The van der Waals surface area contributed by atoms with Crippen molar-refractivity contribution in [2.24, 2.45) is 0 Å². The molecule has 0 aromatic carbocycles. The summed E-state index contributed by atoms with van der Waals surface area (Å²) in [5.74, 6) is 3.04. The second-order valence-electron chi connectivity index (χ2n) is 6.82. The Morgan fingerprint density at radius 1 is 0.923 bits per heavy atom. The van der Waals surface area contributed by atoms with Crippen LogP contribution in [0.4, 0.5) is 11.8 Å². The number of piperidine rings is 1. The highest BCUT2D eigenvalue weighted by molar-refractivity contribution is 6.30. The lowest BCUT2D eigenvalue weighted by Gasteiger charge is -2.32. The van der Waals surface area contributed by atoms with Gasteiger partial charge in [0.15, 0.2) is 11.5 Å². The van der Waals surface area contributed by atoms with Crippen LogP contribution in [0.25, 0.3) is 5.65 Å². The Morgan fingerprint density at radius 3 is 2.38 bits per heavy atom. The van der Waals surface area contributed by atoms with Crippen LogP contribution in [0.1, 0.15) is 31.0 Å². The number of rotatable bonds is 3. The quantitative estimate of drug-likeness (QED) is 0.699. The highest BCUT2D eigenvalue weighted by Crippen LogP contribution is 2.29. The van der Waals surface area contributed by atoms with Crippen molar-refractivity contribution in [1.82, 2.24) is 29.8 Å². The number of halogens is 1. The number of fused-ring (bicyclic) bond motifs is 1. The van der Waals surface area contributed by atoms with Crippen LogP contribution < -0.4 is 9.80 Å². The minimum absolute atomic E-state index is 0.340. The van der Waals surface area contributed by atoms with E-state index in [1.807, 2.05) is 16.6 Å². The molecule has 0 spiro atoms. The predicted molar refractivity (Wildman–Crippen MR) is 98.8 cm³/mol. The van der Waals surface area contributed by atoms with Crippen molar-refractivity contribution in [3.63, 3.8) is 0 Å². The summed E-state index contributed by atoms with van der Waals surface area (Å²) in [5.41, 5.74) is 0.813. The average molecular weight is 371 g/mol. The zero-order valence-electron chi connectivity index (χ0n) is 14.3. The van der Waals surface area contributed by atoms with E-state index in [9.17, 15) is 0 Å². The van der Waals surface area contributed by atoms with Gasteiger partial charge in [-0.3, -0.25) is 0 Å². The number of nitrogens with zero attached hydrogens (tertiary/aromatic N) is 8. The molecule has 26 heavy (non-hydrogen) atoms. The minimum atomic E-state index is 0.340. The zero-order valence-corrected chi connectivity index (χ0v) is 15.0. The second kappa shape index (κ2) is 6.35. The lowest BCUT2D eigenvalue weighted by atomic mass is 9.96. The first-order chi connectivity index (χ1) is 12.8. The van der Waals surface area contributed by atoms with Crippen molar-refractivity contribution in [2.45, 2.75) is 25.2 Å². The Hall–Kier alpha value is -2.48. The second-order valence-corrected chi connectivity index (χ2v) is 7.26. The molecule has 9 heteroatoms. The molecule has 0 N–H and O–H groups in total. The van der Waals surface area contributed by atoms with E-state index in [1.165, 1.54) is 6.42 Å². The molecule has 5 heterocycles. The van der Waals surface area contributed by atoms with E-state index in [4.69, 9.17) is 16.7 Å². The van der Waals surface area contributed by atoms with Crippen LogP contribution in [0.15, 0.2) is 24.5 Å². The van der Waals surface area contributed by atoms with E-state index in [2.05, 4.69) is 30.0 Å². The van der Waals surface area contributed by atoms with E-state index in [0.29, 0.717) is 10.9 Å². The van der Waals surface area contributed by atoms with Gasteiger partial charge in [-0.1, -0.05) is 11.6 Å². The molecule has 0 bridgehead atoms. The molecule has 0 amide bonds. The highest BCUT2D eigenvalue weighted by Gasteiger charge is 2.27. The van der Waals surface area contributed by atoms with Crippen LogP contribution in [0.2, 0.25) is 5.02 Å². The molecule has 3 aromatic rings. The van der Waals surface area contributed by atoms with Gasteiger partial charge in [0.05, 0.1) is 17.4 Å². The fourth-order valence-electron chi connectivity index (χ4n) is 3.57. The molecular formula is C17H19ClN8. The van der Waals surface area contributed by atoms with Crippen molar-refractivity contribution >= 4 is 29.0 Å². The van der Waals surface area contributed by atoms with Crippen LogP contribution in [-0.2, 0) is 0 Å². The van der Waals surface area contributed by atoms with Crippen molar-refractivity contribution < 1.29 is 0 Å². The normalized spacial score (nSPS) is 18.3. The lowest BCUT2D eigenvalue weighted by molar-refractivity contribution is 0.472. The molecule has 2 saturated heterocycles. The van der Waals surface area contributed by atoms with Crippen molar-refractivity contribution in [1.29, 1.82) is 0 Å². The number of anilines is 2. The molecule has 2 fully saturated rings. The molecule has 0 unspecified atom stereocenters.